The summed E-state index contributed by atoms with van der Waals surface area (Å²) in [5.41, 5.74) is 7.50. The van der Waals surface area contributed by atoms with Crippen LogP contribution >= 0.6 is 0 Å². The monoisotopic (exact) mass is 236 g/mol. The first kappa shape index (κ1) is 12.6. The summed E-state index contributed by atoms with van der Waals surface area (Å²) in [6.45, 7) is 3.27. The average Bonchev–Trinajstić information content (AvgIpc) is 2.67. The second-order valence-electron chi connectivity index (χ2n) is 5.59. The Bertz CT molecular complexity index is 360. The Morgan fingerprint density at radius 2 is 2.29 bits per heavy atom. The van der Waals surface area contributed by atoms with Gasteiger partial charge in [0.05, 0.1) is 6.20 Å². The second kappa shape index (κ2) is 5.19. The van der Waals surface area contributed by atoms with Crippen molar-refractivity contribution < 1.29 is 0 Å². The van der Waals surface area contributed by atoms with Crippen LogP contribution in [0.2, 0.25) is 0 Å². The SMILES string of the molecule is CC1CCC(N)C(N(C)Cc2cnn(C)c2)C1. The molecule has 1 heterocycles. The molecule has 1 aromatic heterocycles. The van der Waals surface area contributed by atoms with E-state index in [1.807, 2.05) is 17.9 Å². The fourth-order valence-electron chi connectivity index (χ4n) is 2.84. The first-order valence-electron chi connectivity index (χ1n) is 6.49. The molecule has 1 saturated carbocycles. The highest BCUT2D eigenvalue weighted by Gasteiger charge is 2.28. The van der Waals surface area contributed by atoms with Crippen molar-refractivity contribution in [3.05, 3.63) is 18.0 Å². The normalized spacial score (nSPS) is 29.8. The number of hydrogen-bond acceptors (Lipinski definition) is 3. The molecule has 2 N–H and O–H groups in total. The lowest BCUT2D eigenvalue weighted by Gasteiger charge is -2.38. The third-order valence-electron chi connectivity index (χ3n) is 3.89. The molecule has 3 atom stereocenters. The van der Waals surface area contributed by atoms with E-state index in [2.05, 4.69) is 30.2 Å². The molecule has 4 heteroatoms. The van der Waals surface area contributed by atoms with Gasteiger partial charge >= 0.3 is 0 Å². The van der Waals surface area contributed by atoms with E-state index in [0.717, 1.165) is 18.9 Å². The predicted molar refractivity (Wildman–Crippen MR) is 69.5 cm³/mol. The van der Waals surface area contributed by atoms with Crippen LogP contribution in [0.5, 0.6) is 0 Å². The van der Waals surface area contributed by atoms with Gasteiger partial charge in [0.15, 0.2) is 0 Å². The van der Waals surface area contributed by atoms with Crippen LogP contribution in [0.3, 0.4) is 0 Å². The Morgan fingerprint density at radius 1 is 1.53 bits per heavy atom. The number of aromatic nitrogens is 2. The summed E-state index contributed by atoms with van der Waals surface area (Å²) in [4.78, 5) is 2.39. The third kappa shape index (κ3) is 3.07. The molecular weight excluding hydrogens is 212 g/mol. The van der Waals surface area contributed by atoms with Crippen molar-refractivity contribution in [2.24, 2.45) is 18.7 Å². The highest BCUT2D eigenvalue weighted by molar-refractivity contribution is 5.04. The highest BCUT2D eigenvalue weighted by atomic mass is 15.2. The van der Waals surface area contributed by atoms with Crippen molar-refractivity contribution in [2.75, 3.05) is 7.05 Å². The number of likely N-dealkylation sites (N-methyl/N-ethyl adjacent to an activating group) is 1. The van der Waals surface area contributed by atoms with Crippen molar-refractivity contribution in [3.63, 3.8) is 0 Å². The summed E-state index contributed by atoms with van der Waals surface area (Å²) in [7, 11) is 4.13. The summed E-state index contributed by atoms with van der Waals surface area (Å²) in [5, 5.41) is 4.21. The molecule has 96 valence electrons. The maximum atomic E-state index is 6.24. The van der Waals surface area contributed by atoms with Crippen molar-refractivity contribution in [1.82, 2.24) is 14.7 Å². The van der Waals surface area contributed by atoms with Gasteiger partial charge < -0.3 is 5.73 Å². The lowest BCUT2D eigenvalue weighted by atomic mass is 9.83. The van der Waals surface area contributed by atoms with Crippen molar-refractivity contribution >= 4 is 0 Å². The van der Waals surface area contributed by atoms with Crippen LogP contribution < -0.4 is 5.73 Å². The van der Waals surface area contributed by atoms with Gasteiger partial charge in [-0.3, -0.25) is 9.58 Å². The topological polar surface area (TPSA) is 47.1 Å². The van der Waals surface area contributed by atoms with Crippen LogP contribution in [0.4, 0.5) is 0 Å². The van der Waals surface area contributed by atoms with Crippen molar-refractivity contribution in [1.29, 1.82) is 0 Å². The van der Waals surface area contributed by atoms with E-state index >= 15 is 0 Å². The largest absolute Gasteiger partial charge is 0.326 e. The minimum Gasteiger partial charge on any atom is -0.326 e. The van der Waals surface area contributed by atoms with Gasteiger partial charge in [-0.1, -0.05) is 6.92 Å². The van der Waals surface area contributed by atoms with E-state index in [9.17, 15) is 0 Å². The van der Waals surface area contributed by atoms with Gasteiger partial charge in [0, 0.05) is 37.4 Å². The Balaban J connectivity index is 1.96. The van der Waals surface area contributed by atoms with Gasteiger partial charge in [-0.05, 0) is 32.2 Å². The van der Waals surface area contributed by atoms with Crippen LogP contribution in [-0.4, -0.2) is 33.8 Å². The second-order valence-corrected chi connectivity index (χ2v) is 5.59. The fraction of sp³-hybridized carbons (Fsp3) is 0.769. The number of aryl methyl sites for hydroxylation is 1. The lowest BCUT2D eigenvalue weighted by molar-refractivity contribution is 0.136. The van der Waals surface area contributed by atoms with Crippen LogP contribution in [0.25, 0.3) is 0 Å². The lowest BCUT2D eigenvalue weighted by Crippen LogP contribution is -2.49. The fourth-order valence-corrected chi connectivity index (χ4v) is 2.84. The molecule has 1 aliphatic rings. The third-order valence-corrected chi connectivity index (χ3v) is 3.89. The van der Waals surface area contributed by atoms with Crippen molar-refractivity contribution in [2.45, 2.75) is 44.8 Å². The molecule has 0 amide bonds. The summed E-state index contributed by atoms with van der Waals surface area (Å²) in [6.07, 6.45) is 7.67. The van der Waals surface area contributed by atoms with E-state index < -0.39 is 0 Å². The molecular formula is C13H24N4. The summed E-state index contributed by atoms with van der Waals surface area (Å²) >= 11 is 0. The Morgan fingerprint density at radius 3 is 2.94 bits per heavy atom. The molecule has 0 radical (unpaired) electrons. The molecule has 4 nitrogen and oxygen atoms in total. The molecule has 1 aromatic rings. The average molecular weight is 236 g/mol. The zero-order valence-electron chi connectivity index (χ0n) is 11.1. The Labute approximate surface area is 104 Å². The Kier molecular flexibility index (Phi) is 3.84. The quantitative estimate of drug-likeness (QED) is 0.862. The van der Waals surface area contributed by atoms with E-state index in [0.29, 0.717) is 12.1 Å². The molecule has 0 spiro atoms. The zero-order chi connectivity index (χ0) is 12.4. The molecule has 1 aliphatic carbocycles. The van der Waals surface area contributed by atoms with Gasteiger partial charge in [0.2, 0.25) is 0 Å². The molecule has 1 fully saturated rings. The van der Waals surface area contributed by atoms with Crippen molar-refractivity contribution in [3.8, 4) is 0 Å². The molecule has 17 heavy (non-hydrogen) atoms. The van der Waals surface area contributed by atoms with Crippen LogP contribution in [0.1, 0.15) is 31.7 Å². The molecule has 0 aromatic carbocycles. The smallest absolute Gasteiger partial charge is 0.0534 e. The predicted octanol–water partition coefficient (Wildman–Crippen LogP) is 1.37. The van der Waals surface area contributed by atoms with E-state index in [1.54, 1.807) is 0 Å². The van der Waals surface area contributed by atoms with Gasteiger partial charge in [-0.15, -0.1) is 0 Å². The van der Waals surface area contributed by atoms with E-state index in [-0.39, 0.29) is 0 Å². The molecule has 0 saturated heterocycles. The summed E-state index contributed by atoms with van der Waals surface area (Å²) < 4.78 is 1.85. The number of hydrogen-bond donors (Lipinski definition) is 1. The highest BCUT2D eigenvalue weighted by Crippen LogP contribution is 2.26. The van der Waals surface area contributed by atoms with Crippen LogP contribution in [-0.2, 0) is 13.6 Å². The Hall–Kier alpha value is -0.870. The van der Waals surface area contributed by atoms with Gasteiger partial charge in [0.1, 0.15) is 0 Å². The van der Waals surface area contributed by atoms with Crippen LogP contribution in [0, 0.1) is 5.92 Å². The van der Waals surface area contributed by atoms with Crippen LogP contribution in [0.15, 0.2) is 12.4 Å². The molecule has 0 aliphatic heterocycles. The standard InChI is InChI=1S/C13H24N4/c1-10-4-5-12(14)13(6-10)16(2)8-11-7-15-17(3)9-11/h7,9-10,12-13H,4-6,8,14H2,1-3H3. The van der Waals surface area contributed by atoms with Gasteiger partial charge in [0.25, 0.3) is 0 Å². The maximum absolute atomic E-state index is 6.24. The summed E-state index contributed by atoms with van der Waals surface area (Å²) in [6, 6.07) is 0.840. The molecule has 3 unspecified atom stereocenters. The first-order valence-corrected chi connectivity index (χ1v) is 6.49. The minimum absolute atomic E-state index is 0.327. The van der Waals surface area contributed by atoms with Gasteiger partial charge in [-0.25, -0.2) is 0 Å². The van der Waals surface area contributed by atoms with Gasteiger partial charge in [-0.2, -0.15) is 5.10 Å². The number of rotatable bonds is 3. The molecule has 2 rings (SSSR count). The first-order chi connectivity index (χ1) is 8.06. The van der Waals surface area contributed by atoms with E-state index in [1.165, 1.54) is 18.4 Å². The zero-order valence-corrected chi connectivity index (χ0v) is 11.1. The van der Waals surface area contributed by atoms with E-state index in [4.69, 9.17) is 5.73 Å². The number of nitrogens with two attached hydrogens (primary N) is 1. The summed E-state index contributed by atoms with van der Waals surface area (Å²) in [5.74, 6) is 0.802. The minimum atomic E-state index is 0.327. The molecule has 0 bridgehead atoms. The maximum Gasteiger partial charge on any atom is 0.0534 e. The number of nitrogens with zero attached hydrogens (tertiary/aromatic N) is 3.